The molecule has 25 heavy (non-hydrogen) atoms. The van der Waals surface area contributed by atoms with Crippen LogP contribution >= 0.6 is 0 Å². The molecule has 1 amide bonds. The summed E-state index contributed by atoms with van der Waals surface area (Å²) in [5.41, 5.74) is 0.648. The Morgan fingerprint density at radius 3 is 2.48 bits per heavy atom. The van der Waals surface area contributed by atoms with Crippen LogP contribution < -0.4 is 5.56 Å². The van der Waals surface area contributed by atoms with Gasteiger partial charge < -0.3 is 9.88 Å². The number of nitrogens with zero attached hydrogens (tertiary/aromatic N) is 4. The van der Waals surface area contributed by atoms with Crippen molar-refractivity contribution in [3.8, 4) is 11.6 Å². The minimum Gasteiger partial charge on any atom is -0.342 e. The SMILES string of the molecule is Cc1nc(-c2ncccn2)[nH]c(=O)c1CC(=O)N1C[C@H](C)C[C@H](C)C1. The number of hydrogen-bond donors (Lipinski definition) is 1. The van der Waals surface area contributed by atoms with Crippen LogP contribution in [-0.2, 0) is 11.2 Å². The molecule has 1 fully saturated rings. The van der Waals surface area contributed by atoms with Crippen molar-refractivity contribution in [3.05, 3.63) is 40.1 Å². The zero-order valence-corrected chi connectivity index (χ0v) is 14.8. The second-order valence-corrected chi connectivity index (χ2v) is 6.97. The standard InChI is InChI=1S/C18H23N5O2/c1-11-7-12(2)10-23(9-11)15(24)8-14-13(3)21-17(22-18(14)25)16-19-5-4-6-20-16/h4-6,11-12H,7-10H2,1-3H3,(H,21,22,25)/t11-,12+. The molecule has 0 radical (unpaired) electrons. The molecular weight excluding hydrogens is 318 g/mol. The lowest BCUT2D eigenvalue weighted by Crippen LogP contribution is -2.43. The van der Waals surface area contributed by atoms with Crippen molar-refractivity contribution < 1.29 is 4.79 Å². The summed E-state index contributed by atoms with van der Waals surface area (Å²) in [7, 11) is 0. The first-order chi connectivity index (χ1) is 11.9. The Bertz CT molecular complexity index is 808. The highest BCUT2D eigenvalue weighted by Crippen LogP contribution is 2.21. The van der Waals surface area contributed by atoms with Gasteiger partial charge in [-0.15, -0.1) is 0 Å². The van der Waals surface area contributed by atoms with Crippen LogP contribution in [0.15, 0.2) is 23.3 Å². The number of amides is 1. The van der Waals surface area contributed by atoms with E-state index in [1.807, 2.05) is 4.90 Å². The minimum atomic E-state index is -0.304. The summed E-state index contributed by atoms with van der Waals surface area (Å²) < 4.78 is 0. The van der Waals surface area contributed by atoms with Crippen LogP contribution in [-0.4, -0.2) is 43.8 Å². The molecule has 0 aromatic carbocycles. The van der Waals surface area contributed by atoms with Gasteiger partial charge in [-0.05, 0) is 31.2 Å². The average molecular weight is 341 g/mol. The third-order valence-corrected chi connectivity index (χ3v) is 4.55. The van der Waals surface area contributed by atoms with Crippen molar-refractivity contribution in [2.75, 3.05) is 13.1 Å². The van der Waals surface area contributed by atoms with Gasteiger partial charge in [0.05, 0.1) is 6.42 Å². The van der Waals surface area contributed by atoms with Crippen molar-refractivity contribution in [2.45, 2.75) is 33.6 Å². The molecule has 3 heterocycles. The number of H-pyrrole nitrogens is 1. The molecular formula is C18H23N5O2. The normalized spacial score (nSPS) is 20.5. The molecule has 1 saturated heterocycles. The third-order valence-electron chi connectivity index (χ3n) is 4.55. The third kappa shape index (κ3) is 3.92. The molecule has 132 valence electrons. The Morgan fingerprint density at radius 2 is 1.88 bits per heavy atom. The minimum absolute atomic E-state index is 0.0162. The monoisotopic (exact) mass is 341 g/mol. The number of carbonyl (C=O) groups is 1. The van der Waals surface area contributed by atoms with Gasteiger partial charge in [-0.25, -0.2) is 15.0 Å². The summed E-state index contributed by atoms with van der Waals surface area (Å²) in [4.78, 5) is 42.2. The van der Waals surface area contributed by atoms with E-state index in [1.54, 1.807) is 25.4 Å². The number of hydrogen-bond acceptors (Lipinski definition) is 5. The highest BCUT2D eigenvalue weighted by Gasteiger charge is 2.26. The van der Waals surface area contributed by atoms with Crippen LogP contribution in [0, 0.1) is 18.8 Å². The Kier molecular flexibility index (Phi) is 4.92. The quantitative estimate of drug-likeness (QED) is 0.915. The molecule has 1 N–H and O–H groups in total. The molecule has 2 atom stereocenters. The van der Waals surface area contributed by atoms with E-state index in [-0.39, 0.29) is 17.9 Å². The summed E-state index contributed by atoms with van der Waals surface area (Å²) in [6.45, 7) is 7.56. The molecule has 0 unspecified atom stereocenters. The van der Waals surface area contributed by atoms with E-state index >= 15 is 0 Å². The Hall–Kier alpha value is -2.57. The smallest absolute Gasteiger partial charge is 0.255 e. The van der Waals surface area contributed by atoms with Gasteiger partial charge in [-0.1, -0.05) is 13.8 Å². The largest absolute Gasteiger partial charge is 0.342 e. The van der Waals surface area contributed by atoms with E-state index in [1.165, 1.54) is 0 Å². The van der Waals surface area contributed by atoms with E-state index in [4.69, 9.17) is 0 Å². The van der Waals surface area contributed by atoms with Gasteiger partial charge in [0.2, 0.25) is 5.91 Å². The van der Waals surface area contributed by atoms with Gasteiger partial charge in [0.25, 0.3) is 5.56 Å². The molecule has 0 saturated carbocycles. The van der Waals surface area contributed by atoms with Crippen LogP contribution in [0.4, 0.5) is 0 Å². The highest BCUT2D eigenvalue weighted by atomic mass is 16.2. The first-order valence-corrected chi connectivity index (χ1v) is 8.59. The second kappa shape index (κ2) is 7.13. The lowest BCUT2D eigenvalue weighted by molar-refractivity contribution is -0.133. The molecule has 1 aliphatic rings. The maximum absolute atomic E-state index is 12.6. The molecule has 2 aromatic rings. The zero-order valence-electron chi connectivity index (χ0n) is 14.8. The number of aromatic amines is 1. The summed E-state index contributed by atoms with van der Waals surface area (Å²) in [6, 6.07) is 1.70. The molecule has 1 aliphatic heterocycles. The number of likely N-dealkylation sites (tertiary alicyclic amines) is 1. The Balaban J connectivity index is 1.81. The summed E-state index contributed by atoms with van der Waals surface area (Å²) in [5, 5.41) is 0. The molecule has 7 heteroatoms. The zero-order chi connectivity index (χ0) is 18.0. The summed E-state index contributed by atoms with van der Waals surface area (Å²) in [5.74, 6) is 1.64. The molecule has 3 rings (SSSR count). The molecule has 0 bridgehead atoms. The fraction of sp³-hybridized carbons (Fsp3) is 0.500. The van der Waals surface area contributed by atoms with Crippen molar-refractivity contribution in [2.24, 2.45) is 11.8 Å². The van der Waals surface area contributed by atoms with Crippen LogP contribution in [0.2, 0.25) is 0 Å². The van der Waals surface area contributed by atoms with Crippen LogP contribution in [0.1, 0.15) is 31.5 Å². The lowest BCUT2D eigenvalue weighted by Gasteiger charge is -2.35. The number of aryl methyl sites for hydroxylation is 1. The van der Waals surface area contributed by atoms with Crippen molar-refractivity contribution in [1.29, 1.82) is 0 Å². The van der Waals surface area contributed by atoms with Gasteiger partial charge in [0, 0.05) is 36.7 Å². The van der Waals surface area contributed by atoms with Crippen molar-refractivity contribution in [3.63, 3.8) is 0 Å². The van der Waals surface area contributed by atoms with Gasteiger partial charge in [-0.3, -0.25) is 9.59 Å². The van der Waals surface area contributed by atoms with E-state index in [0.29, 0.717) is 34.7 Å². The van der Waals surface area contributed by atoms with E-state index in [0.717, 1.165) is 19.5 Å². The summed E-state index contributed by atoms with van der Waals surface area (Å²) in [6.07, 6.45) is 4.39. The molecule has 0 spiro atoms. The predicted octanol–water partition coefficient (Wildman–Crippen LogP) is 1.58. The summed E-state index contributed by atoms with van der Waals surface area (Å²) >= 11 is 0. The number of rotatable bonds is 3. The van der Waals surface area contributed by atoms with Crippen LogP contribution in [0.3, 0.4) is 0 Å². The van der Waals surface area contributed by atoms with E-state index < -0.39 is 0 Å². The average Bonchev–Trinajstić information content (AvgIpc) is 2.57. The molecule has 2 aromatic heterocycles. The fourth-order valence-corrected chi connectivity index (χ4v) is 3.48. The van der Waals surface area contributed by atoms with Gasteiger partial charge in [-0.2, -0.15) is 0 Å². The topological polar surface area (TPSA) is 91.8 Å². The number of aromatic nitrogens is 4. The Labute approximate surface area is 146 Å². The second-order valence-electron chi connectivity index (χ2n) is 6.97. The molecule has 7 nitrogen and oxygen atoms in total. The first-order valence-electron chi connectivity index (χ1n) is 8.59. The highest BCUT2D eigenvalue weighted by molar-refractivity contribution is 5.79. The van der Waals surface area contributed by atoms with E-state index in [9.17, 15) is 9.59 Å². The van der Waals surface area contributed by atoms with Crippen molar-refractivity contribution >= 4 is 5.91 Å². The Morgan fingerprint density at radius 1 is 1.24 bits per heavy atom. The van der Waals surface area contributed by atoms with Crippen molar-refractivity contribution in [1.82, 2.24) is 24.8 Å². The molecule has 0 aliphatic carbocycles. The van der Waals surface area contributed by atoms with Crippen LogP contribution in [0.25, 0.3) is 11.6 Å². The number of nitrogens with one attached hydrogen (secondary N) is 1. The number of carbonyl (C=O) groups excluding carboxylic acids is 1. The van der Waals surface area contributed by atoms with E-state index in [2.05, 4.69) is 33.8 Å². The maximum atomic E-state index is 12.6. The predicted molar refractivity (Wildman–Crippen MR) is 93.8 cm³/mol. The first kappa shape index (κ1) is 17.3. The van der Waals surface area contributed by atoms with Crippen LogP contribution in [0.5, 0.6) is 0 Å². The maximum Gasteiger partial charge on any atom is 0.255 e. The van der Waals surface area contributed by atoms with Gasteiger partial charge >= 0.3 is 0 Å². The number of piperidine rings is 1. The van der Waals surface area contributed by atoms with Gasteiger partial charge in [0.15, 0.2) is 11.6 Å². The lowest BCUT2D eigenvalue weighted by atomic mass is 9.91. The van der Waals surface area contributed by atoms with Gasteiger partial charge in [0.1, 0.15) is 0 Å². The fourth-order valence-electron chi connectivity index (χ4n) is 3.48.